The largest absolute Gasteiger partial charge is 0.444 e. The highest BCUT2D eigenvalue weighted by atomic mass is 16.3. The maximum atomic E-state index is 12.0. The number of aromatic nitrogens is 2. The van der Waals surface area contributed by atoms with Gasteiger partial charge in [-0.2, -0.15) is 0 Å². The number of carbonyl (C=O) groups excluding carboxylic acids is 1. The van der Waals surface area contributed by atoms with Crippen LogP contribution in [0, 0.1) is 6.92 Å². The van der Waals surface area contributed by atoms with E-state index >= 15 is 0 Å². The van der Waals surface area contributed by atoms with Gasteiger partial charge < -0.3 is 15.1 Å². The fraction of sp³-hybridized carbons (Fsp3) is 0.118. The average Bonchev–Trinajstić information content (AvgIpc) is 3.01. The molecule has 0 fully saturated rings. The van der Waals surface area contributed by atoms with Crippen molar-refractivity contribution in [3.8, 4) is 11.5 Å². The molecule has 0 aliphatic carbocycles. The number of benzene rings is 1. The third-order valence-electron chi connectivity index (χ3n) is 3.16. The summed E-state index contributed by atoms with van der Waals surface area (Å²) in [6, 6.07) is 10.8. The lowest BCUT2D eigenvalue weighted by Crippen LogP contribution is -2.28. The van der Waals surface area contributed by atoms with E-state index in [0.29, 0.717) is 18.1 Å². The van der Waals surface area contributed by atoms with Crippen LogP contribution in [0.15, 0.2) is 59.5 Å². The third-order valence-corrected chi connectivity index (χ3v) is 3.16. The quantitative estimate of drug-likeness (QED) is 0.774. The molecule has 1 aromatic carbocycles. The Hall–Kier alpha value is -3.15. The van der Waals surface area contributed by atoms with Crippen molar-refractivity contribution < 1.29 is 9.21 Å². The normalized spacial score (nSPS) is 10.3. The fourth-order valence-corrected chi connectivity index (χ4v) is 2.08. The summed E-state index contributed by atoms with van der Waals surface area (Å²) in [5.74, 6) is 0.530. The van der Waals surface area contributed by atoms with Crippen LogP contribution in [0.3, 0.4) is 0 Å². The summed E-state index contributed by atoms with van der Waals surface area (Å²) in [7, 11) is 0. The van der Waals surface area contributed by atoms with Crippen LogP contribution in [0.5, 0.6) is 0 Å². The SMILES string of the molecule is Cc1coc(-c2cccc(NC(=O)NCc3cccnc3)c2)n1. The molecule has 2 N–H and O–H groups in total. The lowest BCUT2D eigenvalue weighted by molar-refractivity contribution is 0.251. The number of amides is 2. The minimum Gasteiger partial charge on any atom is -0.444 e. The highest BCUT2D eigenvalue weighted by molar-refractivity contribution is 5.89. The van der Waals surface area contributed by atoms with E-state index in [-0.39, 0.29) is 6.03 Å². The first kappa shape index (κ1) is 14.8. The van der Waals surface area contributed by atoms with Crippen molar-refractivity contribution >= 4 is 11.7 Å². The van der Waals surface area contributed by atoms with E-state index < -0.39 is 0 Å². The molecule has 0 unspecified atom stereocenters. The van der Waals surface area contributed by atoms with Crippen molar-refractivity contribution in [3.05, 3.63) is 66.3 Å². The molecule has 0 aliphatic rings. The summed E-state index contributed by atoms with van der Waals surface area (Å²) in [5.41, 5.74) is 3.23. The number of pyridine rings is 1. The second-order valence-electron chi connectivity index (χ2n) is 5.04. The number of nitrogens with one attached hydrogen (secondary N) is 2. The van der Waals surface area contributed by atoms with Gasteiger partial charge in [0.1, 0.15) is 6.26 Å². The Morgan fingerprint density at radius 3 is 2.91 bits per heavy atom. The molecular weight excluding hydrogens is 292 g/mol. The summed E-state index contributed by atoms with van der Waals surface area (Å²) in [4.78, 5) is 20.2. The van der Waals surface area contributed by atoms with Crippen molar-refractivity contribution in [1.29, 1.82) is 0 Å². The lowest BCUT2D eigenvalue weighted by atomic mass is 10.2. The Bertz CT molecular complexity index is 799. The summed E-state index contributed by atoms with van der Waals surface area (Å²) in [6.45, 7) is 2.28. The van der Waals surface area contributed by atoms with Crippen LogP contribution in [-0.4, -0.2) is 16.0 Å². The van der Waals surface area contributed by atoms with E-state index in [4.69, 9.17) is 4.42 Å². The number of carbonyl (C=O) groups is 1. The molecule has 6 nitrogen and oxygen atoms in total. The summed E-state index contributed by atoms with van der Waals surface area (Å²) < 4.78 is 5.37. The number of oxazole rings is 1. The number of urea groups is 1. The van der Waals surface area contributed by atoms with Gasteiger partial charge in [-0.05, 0) is 36.8 Å². The second-order valence-corrected chi connectivity index (χ2v) is 5.04. The molecule has 0 aliphatic heterocycles. The fourth-order valence-electron chi connectivity index (χ4n) is 2.08. The number of rotatable bonds is 4. The average molecular weight is 308 g/mol. The number of anilines is 1. The Labute approximate surface area is 133 Å². The first-order valence-corrected chi connectivity index (χ1v) is 7.17. The highest BCUT2D eigenvalue weighted by Crippen LogP contribution is 2.21. The minimum atomic E-state index is -0.283. The van der Waals surface area contributed by atoms with Crippen LogP contribution in [0.2, 0.25) is 0 Å². The Balaban J connectivity index is 1.62. The second kappa shape index (κ2) is 6.74. The number of nitrogens with zero attached hydrogens (tertiary/aromatic N) is 2. The molecule has 23 heavy (non-hydrogen) atoms. The number of hydrogen-bond donors (Lipinski definition) is 2. The molecule has 3 aromatic rings. The maximum absolute atomic E-state index is 12.0. The van der Waals surface area contributed by atoms with E-state index in [1.54, 1.807) is 18.7 Å². The van der Waals surface area contributed by atoms with E-state index in [2.05, 4.69) is 20.6 Å². The van der Waals surface area contributed by atoms with Crippen molar-refractivity contribution in [2.24, 2.45) is 0 Å². The van der Waals surface area contributed by atoms with Crippen molar-refractivity contribution in [2.45, 2.75) is 13.5 Å². The summed E-state index contributed by atoms with van der Waals surface area (Å²) in [6.07, 6.45) is 5.00. The molecule has 2 heterocycles. The summed E-state index contributed by atoms with van der Waals surface area (Å²) in [5, 5.41) is 5.57. The maximum Gasteiger partial charge on any atom is 0.319 e. The smallest absolute Gasteiger partial charge is 0.319 e. The van der Waals surface area contributed by atoms with Crippen LogP contribution >= 0.6 is 0 Å². The van der Waals surface area contributed by atoms with Gasteiger partial charge in [0.2, 0.25) is 5.89 Å². The van der Waals surface area contributed by atoms with Crippen molar-refractivity contribution in [2.75, 3.05) is 5.32 Å². The van der Waals surface area contributed by atoms with Crippen LogP contribution in [0.25, 0.3) is 11.5 Å². The molecule has 3 rings (SSSR count). The zero-order valence-electron chi connectivity index (χ0n) is 12.6. The number of aryl methyl sites for hydroxylation is 1. The lowest BCUT2D eigenvalue weighted by Gasteiger charge is -2.08. The van der Waals surface area contributed by atoms with E-state index in [1.165, 1.54) is 0 Å². The van der Waals surface area contributed by atoms with Gasteiger partial charge in [0.25, 0.3) is 0 Å². The Morgan fingerprint density at radius 1 is 1.26 bits per heavy atom. The predicted octanol–water partition coefficient (Wildman–Crippen LogP) is 3.37. The van der Waals surface area contributed by atoms with E-state index in [0.717, 1.165) is 16.8 Å². The molecule has 2 amide bonds. The molecule has 0 radical (unpaired) electrons. The molecule has 0 spiro atoms. The van der Waals surface area contributed by atoms with Crippen LogP contribution in [-0.2, 0) is 6.54 Å². The van der Waals surface area contributed by atoms with E-state index in [9.17, 15) is 4.79 Å². The molecule has 0 bridgehead atoms. The molecule has 0 saturated carbocycles. The van der Waals surface area contributed by atoms with Crippen LogP contribution < -0.4 is 10.6 Å². The Morgan fingerprint density at radius 2 is 2.17 bits per heavy atom. The monoisotopic (exact) mass is 308 g/mol. The van der Waals surface area contributed by atoms with E-state index in [1.807, 2.05) is 43.3 Å². The topological polar surface area (TPSA) is 80.0 Å². The van der Waals surface area contributed by atoms with Crippen LogP contribution in [0.4, 0.5) is 10.5 Å². The molecule has 6 heteroatoms. The van der Waals surface area contributed by atoms with Crippen molar-refractivity contribution in [1.82, 2.24) is 15.3 Å². The third kappa shape index (κ3) is 3.94. The van der Waals surface area contributed by atoms with Crippen molar-refractivity contribution in [3.63, 3.8) is 0 Å². The summed E-state index contributed by atoms with van der Waals surface area (Å²) >= 11 is 0. The van der Waals surface area contributed by atoms with Gasteiger partial charge in [0.05, 0.1) is 5.69 Å². The molecular formula is C17H16N4O2. The molecule has 2 aromatic heterocycles. The standard InChI is InChI=1S/C17H16N4O2/c1-12-11-23-16(20-12)14-5-2-6-15(8-14)21-17(22)19-10-13-4-3-7-18-9-13/h2-9,11H,10H2,1H3,(H2,19,21,22). The zero-order chi connectivity index (χ0) is 16.1. The van der Waals surface area contributed by atoms with Crippen LogP contribution in [0.1, 0.15) is 11.3 Å². The van der Waals surface area contributed by atoms with Gasteiger partial charge in [-0.3, -0.25) is 4.98 Å². The van der Waals surface area contributed by atoms with Gasteiger partial charge in [0, 0.05) is 30.2 Å². The first-order valence-electron chi connectivity index (χ1n) is 7.17. The van der Waals surface area contributed by atoms with Gasteiger partial charge in [-0.15, -0.1) is 0 Å². The highest BCUT2D eigenvalue weighted by Gasteiger charge is 2.07. The predicted molar refractivity (Wildman–Crippen MR) is 86.8 cm³/mol. The van der Waals surface area contributed by atoms with Gasteiger partial charge in [-0.1, -0.05) is 12.1 Å². The minimum absolute atomic E-state index is 0.283. The van der Waals surface area contributed by atoms with Gasteiger partial charge >= 0.3 is 6.03 Å². The Kier molecular flexibility index (Phi) is 4.33. The van der Waals surface area contributed by atoms with Gasteiger partial charge in [0.15, 0.2) is 0 Å². The molecule has 116 valence electrons. The van der Waals surface area contributed by atoms with Gasteiger partial charge in [-0.25, -0.2) is 9.78 Å². The first-order chi connectivity index (χ1) is 11.2. The molecule has 0 atom stereocenters. The molecule has 0 saturated heterocycles. The number of hydrogen-bond acceptors (Lipinski definition) is 4. The zero-order valence-corrected chi connectivity index (χ0v) is 12.6.